The van der Waals surface area contributed by atoms with Crippen molar-refractivity contribution in [2.24, 2.45) is 5.92 Å². The van der Waals surface area contributed by atoms with Crippen LogP contribution >= 0.6 is 11.8 Å². The first-order chi connectivity index (χ1) is 13.4. The zero-order chi connectivity index (χ0) is 20.1. The van der Waals surface area contributed by atoms with Gasteiger partial charge in [-0.2, -0.15) is 0 Å². The number of hydrogen-bond acceptors (Lipinski definition) is 5. The van der Waals surface area contributed by atoms with Gasteiger partial charge in [0.1, 0.15) is 0 Å². The lowest BCUT2D eigenvalue weighted by atomic mass is 9.97. The Morgan fingerprint density at radius 3 is 2.32 bits per heavy atom. The van der Waals surface area contributed by atoms with E-state index >= 15 is 0 Å². The number of aromatic nitrogens is 2. The third kappa shape index (κ3) is 5.32. The van der Waals surface area contributed by atoms with Gasteiger partial charge in [-0.3, -0.25) is 4.79 Å². The van der Waals surface area contributed by atoms with E-state index in [0.717, 1.165) is 17.5 Å². The number of Topliss-reactive ketones (excluding diaryl/α,β-unsaturated/α-hetero) is 1. The minimum absolute atomic E-state index is 0.0164. The maximum atomic E-state index is 12.3. The van der Waals surface area contributed by atoms with E-state index in [0.29, 0.717) is 22.6 Å². The zero-order valence-corrected chi connectivity index (χ0v) is 17.6. The molecule has 5 heteroatoms. The van der Waals surface area contributed by atoms with Gasteiger partial charge >= 0.3 is 0 Å². The molecule has 0 aliphatic rings. The molecule has 0 fully saturated rings. The summed E-state index contributed by atoms with van der Waals surface area (Å²) >= 11 is 1.28. The second-order valence-electron chi connectivity index (χ2n) is 7.55. The summed E-state index contributed by atoms with van der Waals surface area (Å²) in [6.45, 7) is 8.49. The Balaban J connectivity index is 1.60. The van der Waals surface area contributed by atoms with Crippen molar-refractivity contribution < 1.29 is 9.21 Å². The van der Waals surface area contributed by atoms with Crippen LogP contribution in [0, 0.1) is 12.8 Å². The highest BCUT2D eigenvalue weighted by Crippen LogP contribution is 2.27. The number of carbonyl (C=O) groups is 1. The molecule has 3 rings (SSSR count). The fourth-order valence-electron chi connectivity index (χ4n) is 2.96. The highest BCUT2D eigenvalue weighted by Gasteiger charge is 2.17. The molecule has 4 nitrogen and oxygen atoms in total. The molecule has 0 aliphatic heterocycles. The van der Waals surface area contributed by atoms with Crippen molar-refractivity contribution in [3.05, 3.63) is 76.7 Å². The lowest BCUT2D eigenvalue weighted by Gasteiger charge is -2.09. The number of benzene rings is 2. The molecular formula is C23H26N2O2S. The minimum atomic E-state index is 0.0164. The molecular weight excluding hydrogens is 368 g/mol. The third-order valence-corrected chi connectivity index (χ3v) is 5.43. The number of nitrogens with zero attached hydrogens (tertiary/aromatic N) is 2. The fraction of sp³-hybridized carbons (Fsp3) is 0.348. The zero-order valence-electron chi connectivity index (χ0n) is 16.8. The molecule has 0 aliphatic carbocycles. The maximum absolute atomic E-state index is 12.3. The van der Waals surface area contributed by atoms with Gasteiger partial charge in [-0.1, -0.05) is 79.7 Å². The van der Waals surface area contributed by atoms with E-state index in [1.807, 2.05) is 31.2 Å². The van der Waals surface area contributed by atoms with Crippen LogP contribution in [0.2, 0.25) is 0 Å². The van der Waals surface area contributed by atoms with E-state index in [4.69, 9.17) is 4.42 Å². The quantitative estimate of drug-likeness (QED) is 0.362. The predicted molar refractivity (Wildman–Crippen MR) is 113 cm³/mol. The summed E-state index contributed by atoms with van der Waals surface area (Å²) in [5.74, 6) is 1.56. The van der Waals surface area contributed by atoms with Crippen LogP contribution in [0.4, 0.5) is 0 Å². The van der Waals surface area contributed by atoms with Crippen molar-refractivity contribution in [2.75, 3.05) is 5.75 Å². The van der Waals surface area contributed by atoms with E-state index in [1.54, 1.807) is 0 Å². The van der Waals surface area contributed by atoms with Crippen LogP contribution < -0.4 is 0 Å². The number of carbonyl (C=O) groups excluding carboxylic acids is 1. The highest BCUT2D eigenvalue weighted by atomic mass is 32.2. The Kier molecular flexibility index (Phi) is 6.68. The Labute approximate surface area is 170 Å². The Bertz CT molecular complexity index is 915. The van der Waals surface area contributed by atoms with E-state index in [2.05, 4.69) is 55.2 Å². The van der Waals surface area contributed by atoms with Crippen molar-refractivity contribution in [2.45, 2.75) is 45.3 Å². The van der Waals surface area contributed by atoms with Crippen LogP contribution in [0.3, 0.4) is 0 Å². The molecule has 0 radical (unpaired) electrons. The van der Waals surface area contributed by atoms with Gasteiger partial charge in [0.25, 0.3) is 5.22 Å². The van der Waals surface area contributed by atoms with Crippen molar-refractivity contribution >= 4 is 17.5 Å². The van der Waals surface area contributed by atoms with E-state index in [-0.39, 0.29) is 17.5 Å². The second kappa shape index (κ2) is 9.20. The first-order valence-corrected chi connectivity index (χ1v) is 10.6. The average molecular weight is 395 g/mol. The summed E-state index contributed by atoms with van der Waals surface area (Å²) in [5.41, 5.74) is 4.32. The molecule has 3 aromatic rings. The summed E-state index contributed by atoms with van der Waals surface area (Å²) < 4.78 is 5.79. The van der Waals surface area contributed by atoms with E-state index < -0.39 is 0 Å². The standard InChI is InChI=1S/C23H26N2O2S/c1-15(2)13-18-7-11-19(12-8-18)17(4)22-24-25-23(27-22)28-14-21(26)20-9-5-16(3)6-10-20/h5-12,15,17H,13-14H2,1-4H3. The van der Waals surface area contributed by atoms with Crippen LogP contribution in [-0.2, 0) is 6.42 Å². The first-order valence-electron chi connectivity index (χ1n) is 9.57. The fourth-order valence-corrected chi connectivity index (χ4v) is 3.62. The van der Waals surface area contributed by atoms with Gasteiger partial charge in [0, 0.05) is 5.56 Å². The minimum Gasteiger partial charge on any atom is -0.415 e. The van der Waals surface area contributed by atoms with Crippen molar-refractivity contribution in [3.63, 3.8) is 0 Å². The topological polar surface area (TPSA) is 56.0 Å². The Hall–Kier alpha value is -2.40. The van der Waals surface area contributed by atoms with Gasteiger partial charge < -0.3 is 4.42 Å². The van der Waals surface area contributed by atoms with Crippen LogP contribution in [-0.4, -0.2) is 21.7 Å². The van der Waals surface area contributed by atoms with Gasteiger partial charge in [0.05, 0.1) is 11.7 Å². The van der Waals surface area contributed by atoms with Crippen molar-refractivity contribution in [3.8, 4) is 0 Å². The number of ketones is 1. The van der Waals surface area contributed by atoms with Gasteiger partial charge in [-0.15, -0.1) is 10.2 Å². The van der Waals surface area contributed by atoms with Crippen LogP contribution in [0.25, 0.3) is 0 Å². The molecule has 1 atom stereocenters. The largest absolute Gasteiger partial charge is 0.415 e. The molecule has 0 amide bonds. The van der Waals surface area contributed by atoms with Crippen LogP contribution in [0.15, 0.2) is 58.2 Å². The van der Waals surface area contributed by atoms with Crippen molar-refractivity contribution in [1.29, 1.82) is 0 Å². The first kappa shape index (κ1) is 20.3. The lowest BCUT2D eigenvalue weighted by Crippen LogP contribution is -2.02. The van der Waals surface area contributed by atoms with Crippen molar-refractivity contribution in [1.82, 2.24) is 10.2 Å². The normalized spacial score (nSPS) is 12.3. The van der Waals surface area contributed by atoms with E-state index in [1.165, 1.54) is 17.3 Å². The third-order valence-electron chi connectivity index (χ3n) is 4.62. The average Bonchev–Trinajstić information content (AvgIpc) is 3.15. The predicted octanol–water partition coefficient (Wildman–Crippen LogP) is 5.70. The molecule has 0 saturated carbocycles. The Morgan fingerprint density at radius 2 is 1.68 bits per heavy atom. The monoisotopic (exact) mass is 394 g/mol. The van der Waals surface area contributed by atoms with Crippen LogP contribution in [0.5, 0.6) is 0 Å². The second-order valence-corrected chi connectivity index (χ2v) is 8.47. The van der Waals surface area contributed by atoms with Gasteiger partial charge in [-0.25, -0.2) is 0 Å². The molecule has 28 heavy (non-hydrogen) atoms. The van der Waals surface area contributed by atoms with Gasteiger partial charge in [0.15, 0.2) is 5.78 Å². The number of aryl methyl sites for hydroxylation is 1. The number of rotatable bonds is 8. The molecule has 0 spiro atoms. The van der Waals surface area contributed by atoms with Gasteiger partial charge in [0.2, 0.25) is 5.89 Å². The number of hydrogen-bond donors (Lipinski definition) is 0. The Morgan fingerprint density at radius 1 is 1.00 bits per heavy atom. The molecule has 0 saturated heterocycles. The van der Waals surface area contributed by atoms with Gasteiger partial charge in [-0.05, 0) is 37.3 Å². The molecule has 2 aromatic carbocycles. The summed E-state index contributed by atoms with van der Waals surface area (Å²) in [6.07, 6.45) is 1.07. The van der Waals surface area contributed by atoms with Crippen LogP contribution in [0.1, 0.15) is 59.6 Å². The summed E-state index contributed by atoms with van der Waals surface area (Å²) in [5, 5.41) is 8.70. The smallest absolute Gasteiger partial charge is 0.277 e. The molecule has 0 N–H and O–H groups in total. The lowest BCUT2D eigenvalue weighted by molar-refractivity contribution is 0.102. The molecule has 1 heterocycles. The SMILES string of the molecule is Cc1ccc(C(=O)CSc2nnc(C(C)c3ccc(CC(C)C)cc3)o2)cc1. The maximum Gasteiger partial charge on any atom is 0.277 e. The highest BCUT2D eigenvalue weighted by molar-refractivity contribution is 7.99. The molecule has 146 valence electrons. The molecule has 0 bridgehead atoms. The summed E-state index contributed by atoms with van der Waals surface area (Å²) in [6, 6.07) is 16.2. The number of thioether (sulfide) groups is 1. The molecule has 1 aromatic heterocycles. The summed E-state index contributed by atoms with van der Waals surface area (Å²) in [7, 11) is 0. The summed E-state index contributed by atoms with van der Waals surface area (Å²) in [4.78, 5) is 12.3. The molecule has 1 unspecified atom stereocenters. The van der Waals surface area contributed by atoms with E-state index in [9.17, 15) is 4.79 Å².